The Balaban J connectivity index is 1.91. The molecule has 108 valence electrons. The van der Waals surface area contributed by atoms with Crippen molar-refractivity contribution in [1.82, 2.24) is 19.6 Å². The van der Waals surface area contributed by atoms with E-state index in [1.807, 2.05) is 17.9 Å². The van der Waals surface area contributed by atoms with Gasteiger partial charge < -0.3 is 0 Å². The molecule has 0 saturated carbocycles. The van der Waals surface area contributed by atoms with Crippen LogP contribution >= 0.6 is 0 Å². The summed E-state index contributed by atoms with van der Waals surface area (Å²) in [6.45, 7) is 7.98. The maximum Gasteiger partial charge on any atom is 0.0679 e. The monoisotopic (exact) mass is 272 g/mol. The van der Waals surface area contributed by atoms with Crippen LogP contribution in [-0.2, 0) is 7.05 Å². The highest BCUT2D eigenvalue weighted by atomic mass is 15.3. The molecule has 1 aromatic heterocycles. The van der Waals surface area contributed by atoms with Gasteiger partial charge in [-0.3, -0.25) is 14.5 Å². The van der Waals surface area contributed by atoms with Crippen LogP contribution in [0.5, 0.6) is 0 Å². The number of aromatic nitrogens is 2. The molecule has 1 fully saturated rings. The van der Waals surface area contributed by atoms with Crippen molar-refractivity contribution in [2.24, 2.45) is 7.05 Å². The fourth-order valence-corrected chi connectivity index (χ4v) is 3.11. The summed E-state index contributed by atoms with van der Waals surface area (Å²) >= 11 is 0. The quantitative estimate of drug-likeness (QED) is 0.838. The second-order valence-corrected chi connectivity index (χ2v) is 6.17. The summed E-state index contributed by atoms with van der Waals surface area (Å²) in [5, 5.41) is 5.57. The highest BCUT2D eigenvalue weighted by molar-refractivity contribution is 5.79. The number of hydrogen-bond acceptors (Lipinski definition) is 3. The normalized spacial score (nSPS) is 21.9. The average molecular weight is 272 g/mol. The number of likely N-dealkylation sites (N-methyl/N-ethyl adjacent to an activating group) is 1. The van der Waals surface area contributed by atoms with E-state index in [2.05, 4.69) is 54.0 Å². The van der Waals surface area contributed by atoms with Gasteiger partial charge in [0.1, 0.15) is 0 Å². The van der Waals surface area contributed by atoms with Crippen molar-refractivity contribution in [3.05, 3.63) is 30.0 Å². The molecule has 0 unspecified atom stereocenters. The van der Waals surface area contributed by atoms with Crippen LogP contribution in [0.15, 0.2) is 24.4 Å². The molecular formula is C16H24N4. The van der Waals surface area contributed by atoms with Crippen LogP contribution in [0.3, 0.4) is 0 Å². The average Bonchev–Trinajstić information content (AvgIpc) is 2.80. The van der Waals surface area contributed by atoms with Gasteiger partial charge in [0.05, 0.1) is 11.7 Å². The molecule has 0 radical (unpaired) electrons. The standard InChI is InChI=1S/C16H24N4/c1-12(2)20-8-7-18(3)16(11-20)13-5-6-15-14(9-13)10-17-19(15)4/h5-6,9-10,12,16H,7-8,11H2,1-4H3/t16-/m0/s1. The molecule has 4 heteroatoms. The lowest BCUT2D eigenvalue weighted by atomic mass is 10.0. The van der Waals surface area contributed by atoms with Crippen molar-refractivity contribution in [3.63, 3.8) is 0 Å². The molecule has 2 aromatic rings. The Morgan fingerprint density at radius 2 is 2.00 bits per heavy atom. The molecule has 1 aliphatic heterocycles. The maximum atomic E-state index is 4.34. The van der Waals surface area contributed by atoms with Gasteiger partial charge in [-0.1, -0.05) is 6.07 Å². The van der Waals surface area contributed by atoms with E-state index in [1.165, 1.54) is 23.0 Å². The van der Waals surface area contributed by atoms with Crippen LogP contribution in [0.4, 0.5) is 0 Å². The number of fused-ring (bicyclic) bond motifs is 1. The van der Waals surface area contributed by atoms with Crippen LogP contribution in [0.25, 0.3) is 10.9 Å². The predicted octanol–water partition coefficient (Wildman–Crippen LogP) is 2.27. The van der Waals surface area contributed by atoms with Gasteiger partial charge >= 0.3 is 0 Å². The third kappa shape index (κ3) is 2.34. The number of benzene rings is 1. The van der Waals surface area contributed by atoms with Crippen molar-refractivity contribution in [2.75, 3.05) is 26.7 Å². The first-order chi connectivity index (χ1) is 9.56. The molecule has 0 N–H and O–H groups in total. The van der Waals surface area contributed by atoms with Crippen LogP contribution < -0.4 is 0 Å². The zero-order chi connectivity index (χ0) is 14.3. The van der Waals surface area contributed by atoms with Crippen molar-refractivity contribution in [2.45, 2.75) is 25.9 Å². The van der Waals surface area contributed by atoms with Crippen LogP contribution in [-0.4, -0.2) is 52.3 Å². The number of piperazine rings is 1. The molecule has 1 atom stereocenters. The molecule has 2 heterocycles. The number of hydrogen-bond donors (Lipinski definition) is 0. The molecule has 20 heavy (non-hydrogen) atoms. The molecule has 0 bridgehead atoms. The Morgan fingerprint density at radius 1 is 1.20 bits per heavy atom. The van der Waals surface area contributed by atoms with E-state index in [0.717, 1.165) is 13.1 Å². The molecule has 0 aliphatic carbocycles. The Labute approximate surface area is 121 Å². The third-order valence-corrected chi connectivity index (χ3v) is 4.56. The number of rotatable bonds is 2. The molecule has 3 rings (SSSR count). The zero-order valence-electron chi connectivity index (χ0n) is 12.9. The van der Waals surface area contributed by atoms with Gasteiger partial charge in [0.2, 0.25) is 0 Å². The second-order valence-electron chi connectivity index (χ2n) is 6.17. The van der Waals surface area contributed by atoms with Crippen molar-refractivity contribution >= 4 is 10.9 Å². The Morgan fingerprint density at radius 3 is 2.75 bits per heavy atom. The third-order valence-electron chi connectivity index (χ3n) is 4.56. The lowest BCUT2D eigenvalue weighted by Gasteiger charge is -2.41. The summed E-state index contributed by atoms with van der Waals surface area (Å²) in [6, 6.07) is 7.85. The van der Waals surface area contributed by atoms with Gasteiger partial charge in [-0.05, 0) is 38.6 Å². The minimum atomic E-state index is 0.482. The van der Waals surface area contributed by atoms with E-state index in [1.54, 1.807) is 0 Å². The second kappa shape index (κ2) is 5.19. The lowest BCUT2D eigenvalue weighted by Crippen LogP contribution is -2.49. The summed E-state index contributed by atoms with van der Waals surface area (Å²) in [5.74, 6) is 0. The zero-order valence-corrected chi connectivity index (χ0v) is 12.9. The Hall–Kier alpha value is -1.39. The minimum Gasteiger partial charge on any atom is -0.298 e. The topological polar surface area (TPSA) is 24.3 Å². The highest BCUT2D eigenvalue weighted by Gasteiger charge is 2.27. The first-order valence-electron chi connectivity index (χ1n) is 7.42. The van der Waals surface area contributed by atoms with Crippen molar-refractivity contribution < 1.29 is 0 Å². The van der Waals surface area contributed by atoms with Gasteiger partial charge in [-0.2, -0.15) is 5.10 Å². The minimum absolute atomic E-state index is 0.482. The fourth-order valence-electron chi connectivity index (χ4n) is 3.11. The fraction of sp³-hybridized carbons (Fsp3) is 0.562. The summed E-state index contributed by atoms with van der Waals surface area (Å²) < 4.78 is 1.93. The van der Waals surface area contributed by atoms with Crippen molar-refractivity contribution in [1.29, 1.82) is 0 Å². The van der Waals surface area contributed by atoms with Gasteiger partial charge in [0, 0.05) is 44.2 Å². The van der Waals surface area contributed by atoms with Crippen LogP contribution in [0.2, 0.25) is 0 Å². The van der Waals surface area contributed by atoms with Crippen LogP contribution in [0.1, 0.15) is 25.5 Å². The molecular weight excluding hydrogens is 248 g/mol. The molecule has 4 nitrogen and oxygen atoms in total. The van der Waals surface area contributed by atoms with Gasteiger partial charge in [-0.25, -0.2) is 0 Å². The number of nitrogens with zero attached hydrogens (tertiary/aromatic N) is 4. The number of aryl methyl sites for hydroxylation is 1. The van der Waals surface area contributed by atoms with Gasteiger partial charge in [0.25, 0.3) is 0 Å². The molecule has 1 aromatic carbocycles. The largest absolute Gasteiger partial charge is 0.298 e. The van der Waals surface area contributed by atoms with E-state index in [-0.39, 0.29) is 0 Å². The molecule has 0 spiro atoms. The first-order valence-corrected chi connectivity index (χ1v) is 7.42. The summed E-state index contributed by atoms with van der Waals surface area (Å²) in [5.41, 5.74) is 2.60. The Kier molecular flexibility index (Phi) is 3.52. The van der Waals surface area contributed by atoms with Crippen LogP contribution in [0, 0.1) is 0 Å². The molecule has 0 amide bonds. The maximum absolute atomic E-state index is 4.34. The van der Waals surface area contributed by atoms with Gasteiger partial charge in [0.15, 0.2) is 0 Å². The highest BCUT2D eigenvalue weighted by Crippen LogP contribution is 2.27. The summed E-state index contributed by atoms with van der Waals surface area (Å²) in [6.07, 6.45) is 1.96. The predicted molar refractivity (Wildman–Crippen MR) is 82.8 cm³/mol. The van der Waals surface area contributed by atoms with E-state index in [0.29, 0.717) is 12.1 Å². The van der Waals surface area contributed by atoms with E-state index >= 15 is 0 Å². The summed E-state index contributed by atoms with van der Waals surface area (Å²) in [7, 11) is 4.23. The van der Waals surface area contributed by atoms with Gasteiger partial charge in [-0.15, -0.1) is 0 Å². The lowest BCUT2D eigenvalue weighted by molar-refractivity contribution is 0.0746. The molecule has 1 saturated heterocycles. The van der Waals surface area contributed by atoms with Crippen molar-refractivity contribution in [3.8, 4) is 0 Å². The van der Waals surface area contributed by atoms with E-state index < -0.39 is 0 Å². The summed E-state index contributed by atoms with van der Waals surface area (Å²) in [4.78, 5) is 5.04. The SMILES string of the molecule is CC(C)N1CCN(C)[C@H](c2ccc3c(cnn3C)c2)C1. The molecule has 1 aliphatic rings. The van der Waals surface area contributed by atoms with E-state index in [4.69, 9.17) is 0 Å². The smallest absolute Gasteiger partial charge is 0.0679 e. The Bertz CT molecular complexity index is 602. The first kappa shape index (κ1) is 13.6. The van der Waals surface area contributed by atoms with E-state index in [9.17, 15) is 0 Å².